The first-order valence-corrected chi connectivity index (χ1v) is 4.12. The molecule has 0 saturated carbocycles. The van der Waals surface area contributed by atoms with Gasteiger partial charge in [0.15, 0.2) is 5.13 Å². The summed E-state index contributed by atoms with van der Waals surface area (Å²) in [5.74, 6) is 0. The van der Waals surface area contributed by atoms with Gasteiger partial charge < -0.3 is 11.1 Å². The Kier molecular flexibility index (Phi) is 2.86. The fourth-order valence-electron chi connectivity index (χ4n) is 1.15. The summed E-state index contributed by atoms with van der Waals surface area (Å²) < 4.78 is 0. The molecule has 0 spiro atoms. The molecule has 0 bridgehead atoms. The minimum absolute atomic E-state index is 0. The highest BCUT2D eigenvalue weighted by molar-refractivity contribution is 8.93. The molecule has 0 atom stereocenters. The summed E-state index contributed by atoms with van der Waals surface area (Å²) in [7, 11) is 0. The number of nitrogen functional groups attached to an aromatic ring is 1. The average Bonchev–Trinajstić information content (AvgIpc) is 2.27. The zero-order chi connectivity index (χ0) is 6.97. The monoisotopic (exact) mass is 235 g/mol. The molecule has 0 amide bonds. The number of halogens is 1. The van der Waals surface area contributed by atoms with E-state index in [1.807, 2.05) is 0 Å². The second-order valence-corrected chi connectivity index (χ2v) is 3.46. The Bertz CT molecular complexity index is 224. The maximum absolute atomic E-state index is 5.54. The molecule has 0 fully saturated rings. The van der Waals surface area contributed by atoms with Crippen molar-refractivity contribution in [3.05, 3.63) is 10.6 Å². The number of hydrogen-bond acceptors (Lipinski definition) is 4. The van der Waals surface area contributed by atoms with E-state index >= 15 is 0 Å². The minimum atomic E-state index is 0. The van der Waals surface area contributed by atoms with Gasteiger partial charge in [-0.25, -0.2) is 4.98 Å². The lowest BCUT2D eigenvalue weighted by molar-refractivity contribution is 0.644. The number of nitrogens with two attached hydrogens (primary N) is 1. The Morgan fingerprint density at radius 1 is 1.55 bits per heavy atom. The summed E-state index contributed by atoms with van der Waals surface area (Å²) in [5, 5.41) is 3.97. The van der Waals surface area contributed by atoms with E-state index in [2.05, 4.69) is 10.3 Å². The topological polar surface area (TPSA) is 50.9 Å². The van der Waals surface area contributed by atoms with Crippen molar-refractivity contribution in [3.8, 4) is 0 Å². The van der Waals surface area contributed by atoms with Crippen LogP contribution in [-0.2, 0) is 13.0 Å². The average molecular weight is 236 g/mol. The Morgan fingerprint density at radius 2 is 2.36 bits per heavy atom. The van der Waals surface area contributed by atoms with Crippen LogP contribution >= 0.6 is 28.3 Å². The number of nitrogens with zero attached hydrogens (tertiary/aromatic N) is 1. The maximum Gasteiger partial charge on any atom is 0.180 e. The van der Waals surface area contributed by atoms with Crippen LogP contribution in [0.5, 0.6) is 0 Å². The summed E-state index contributed by atoms with van der Waals surface area (Å²) in [6.07, 6.45) is 1.03. The van der Waals surface area contributed by atoms with Gasteiger partial charge in [0.1, 0.15) is 0 Å². The van der Waals surface area contributed by atoms with Gasteiger partial charge in [0.05, 0.1) is 5.69 Å². The highest BCUT2D eigenvalue weighted by atomic mass is 79.9. The molecule has 1 aromatic heterocycles. The molecular formula is C6H10BrN3S. The lowest BCUT2D eigenvalue weighted by Gasteiger charge is -2.09. The van der Waals surface area contributed by atoms with Gasteiger partial charge in [0, 0.05) is 24.4 Å². The predicted molar refractivity (Wildman–Crippen MR) is 52.3 cm³/mol. The molecule has 2 heterocycles. The van der Waals surface area contributed by atoms with Gasteiger partial charge in [0.2, 0.25) is 0 Å². The summed E-state index contributed by atoms with van der Waals surface area (Å²) in [6.45, 7) is 1.99. The van der Waals surface area contributed by atoms with Crippen LogP contribution in [0.15, 0.2) is 0 Å². The molecule has 2 rings (SSSR count). The van der Waals surface area contributed by atoms with Crippen LogP contribution in [0.3, 0.4) is 0 Å². The molecule has 0 unspecified atom stereocenters. The number of hydrogen-bond donors (Lipinski definition) is 2. The quantitative estimate of drug-likeness (QED) is 0.705. The summed E-state index contributed by atoms with van der Waals surface area (Å²) in [5.41, 5.74) is 6.73. The summed E-state index contributed by atoms with van der Waals surface area (Å²) in [6, 6.07) is 0. The van der Waals surface area contributed by atoms with Crippen molar-refractivity contribution in [3.63, 3.8) is 0 Å². The first kappa shape index (κ1) is 8.96. The second-order valence-electron chi connectivity index (χ2n) is 2.35. The third kappa shape index (κ3) is 1.72. The van der Waals surface area contributed by atoms with Crippen molar-refractivity contribution < 1.29 is 0 Å². The molecule has 0 saturated heterocycles. The van der Waals surface area contributed by atoms with E-state index in [0.717, 1.165) is 19.5 Å². The zero-order valence-electron chi connectivity index (χ0n) is 5.96. The highest BCUT2D eigenvalue weighted by Crippen LogP contribution is 2.22. The van der Waals surface area contributed by atoms with E-state index in [4.69, 9.17) is 5.73 Å². The minimum Gasteiger partial charge on any atom is -0.375 e. The van der Waals surface area contributed by atoms with E-state index in [-0.39, 0.29) is 17.0 Å². The van der Waals surface area contributed by atoms with Crippen molar-refractivity contribution >= 4 is 33.4 Å². The standard InChI is InChI=1S/C6H9N3S.BrH/c7-6-9-4-1-2-8-3-5(4)10-6;/h8H,1-3H2,(H2,7,9);1H. The number of anilines is 1. The molecule has 3 nitrogen and oxygen atoms in total. The largest absolute Gasteiger partial charge is 0.375 e. The molecule has 1 aromatic rings. The van der Waals surface area contributed by atoms with Crippen molar-refractivity contribution in [1.29, 1.82) is 0 Å². The molecule has 1 aliphatic rings. The van der Waals surface area contributed by atoms with E-state index in [0.29, 0.717) is 5.13 Å². The Labute approximate surface area is 79.8 Å². The van der Waals surface area contributed by atoms with Crippen LogP contribution in [0.25, 0.3) is 0 Å². The zero-order valence-corrected chi connectivity index (χ0v) is 8.49. The number of rotatable bonds is 0. The van der Waals surface area contributed by atoms with Gasteiger partial charge in [-0.05, 0) is 0 Å². The predicted octanol–water partition coefficient (Wildman–Crippen LogP) is 0.949. The van der Waals surface area contributed by atoms with Gasteiger partial charge in [-0.2, -0.15) is 0 Å². The molecule has 3 N–H and O–H groups in total. The maximum atomic E-state index is 5.54. The molecule has 0 aliphatic carbocycles. The fraction of sp³-hybridized carbons (Fsp3) is 0.500. The number of thiazole rings is 1. The van der Waals surface area contributed by atoms with Gasteiger partial charge in [-0.1, -0.05) is 0 Å². The Morgan fingerprint density at radius 3 is 3.09 bits per heavy atom. The van der Waals surface area contributed by atoms with E-state index in [1.54, 1.807) is 11.3 Å². The molecular weight excluding hydrogens is 226 g/mol. The van der Waals surface area contributed by atoms with Gasteiger partial charge in [-0.3, -0.25) is 0 Å². The van der Waals surface area contributed by atoms with E-state index < -0.39 is 0 Å². The SMILES string of the molecule is Br.Nc1nc2c(s1)CNCC2. The van der Waals surface area contributed by atoms with Crippen molar-refractivity contribution in [2.75, 3.05) is 12.3 Å². The summed E-state index contributed by atoms with van der Waals surface area (Å²) >= 11 is 1.59. The second kappa shape index (κ2) is 3.51. The van der Waals surface area contributed by atoms with E-state index in [9.17, 15) is 0 Å². The third-order valence-electron chi connectivity index (χ3n) is 1.62. The molecule has 0 radical (unpaired) electrons. The van der Waals surface area contributed by atoms with Crippen molar-refractivity contribution in [2.24, 2.45) is 0 Å². The highest BCUT2D eigenvalue weighted by Gasteiger charge is 2.12. The van der Waals surface area contributed by atoms with Crippen molar-refractivity contribution in [1.82, 2.24) is 10.3 Å². The van der Waals surface area contributed by atoms with Gasteiger partial charge in [0.25, 0.3) is 0 Å². The fourth-order valence-corrected chi connectivity index (χ4v) is 1.99. The van der Waals surface area contributed by atoms with Gasteiger partial charge in [-0.15, -0.1) is 28.3 Å². The molecule has 1 aliphatic heterocycles. The smallest absolute Gasteiger partial charge is 0.180 e. The van der Waals surface area contributed by atoms with Crippen molar-refractivity contribution in [2.45, 2.75) is 13.0 Å². The number of fused-ring (bicyclic) bond motifs is 1. The summed E-state index contributed by atoms with van der Waals surface area (Å²) in [4.78, 5) is 5.52. The van der Waals surface area contributed by atoms with Crippen LogP contribution in [0.2, 0.25) is 0 Å². The lowest BCUT2D eigenvalue weighted by Crippen LogP contribution is -2.22. The first-order chi connectivity index (χ1) is 4.86. The van der Waals surface area contributed by atoms with Crippen LogP contribution in [0, 0.1) is 0 Å². The number of aromatic nitrogens is 1. The first-order valence-electron chi connectivity index (χ1n) is 3.31. The third-order valence-corrected chi connectivity index (χ3v) is 2.55. The number of nitrogens with one attached hydrogen (secondary N) is 1. The Hall–Kier alpha value is -0.130. The lowest BCUT2D eigenvalue weighted by atomic mass is 10.2. The Balaban J connectivity index is 0.000000605. The molecule has 5 heteroatoms. The molecule has 0 aromatic carbocycles. The normalized spacial score (nSPS) is 15.3. The van der Waals surface area contributed by atoms with Gasteiger partial charge >= 0.3 is 0 Å². The molecule has 62 valence electrons. The molecule has 11 heavy (non-hydrogen) atoms. The van der Waals surface area contributed by atoms with E-state index in [1.165, 1.54) is 10.6 Å². The van der Waals surface area contributed by atoms with Crippen LogP contribution in [0.1, 0.15) is 10.6 Å². The van der Waals surface area contributed by atoms with Crippen LogP contribution in [-0.4, -0.2) is 11.5 Å². The van der Waals surface area contributed by atoms with Crippen LogP contribution in [0.4, 0.5) is 5.13 Å². The van der Waals surface area contributed by atoms with Crippen LogP contribution < -0.4 is 11.1 Å².